The maximum Gasteiger partial charge on any atom is 0.119 e. The van der Waals surface area contributed by atoms with Crippen molar-refractivity contribution in [2.75, 3.05) is 30.9 Å². The van der Waals surface area contributed by atoms with Crippen molar-refractivity contribution in [3.8, 4) is 5.75 Å². The van der Waals surface area contributed by atoms with Gasteiger partial charge in [-0.05, 0) is 35.9 Å². The van der Waals surface area contributed by atoms with Gasteiger partial charge in [0.05, 0.1) is 0 Å². The van der Waals surface area contributed by atoms with E-state index in [1.165, 1.54) is 11.3 Å². The summed E-state index contributed by atoms with van der Waals surface area (Å²) in [4.78, 5) is 2.09. The predicted molar refractivity (Wildman–Crippen MR) is 90.2 cm³/mol. The van der Waals surface area contributed by atoms with Gasteiger partial charge in [-0.2, -0.15) is 0 Å². The van der Waals surface area contributed by atoms with Crippen molar-refractivity contribution in [3.05, 3.63) is 66.7 Å². The van der Waals surface area contributed by atoms with Gasteiger partial charge in [0.2, 0.25) is 0 Å². The summed E-state index contributed by atoms with van der Waals surface area (Å²) in [6, 6.07) is 16.5. The summed E-state index contributed by atoms with van der Waals surface area (Å²) in [6.07, 6.45) is 1.74. The third-order valence-corrected chi connectivity index (χ3v) is 3.15. The van der Waals surface area contributed by atoms with Gasteiger partial charge >= 0.3 is 0 Å². The topological polar surface area (TPSA) is 24.5 Å². The Morgan fingerprint density at radius 1 is 1.14 bits per heavy atom. The average molecular weight is 282 g/mol. The standard InChI is InChI=1S/C18H22N2O/c1-4-12-21-18-10-8-15(9-11-18)14-19-16-6-5-7-17(13-16)20(2)3/h4-11,13,19H,1,12,14H2,2-3H3. The SMILES string of the molecule is C=CCOc1ccc(CNc2cccc(N(C)C)c2)cc1. The van der Waals surface area contributed by atoms with E-state index in [0.29, 0.717) is 6.61 Å². The van der Waals surface area contributed by atoms with E-state index in [2.05, 4.69) is 53.2 Å². The maximum atomic E-state index is 5.47. The van der Waals surface area contributed by atoms with Crippen molar-refractivity contribution in [2.45, 2.75) is 6.54 Å². The van der Waals surface area contributed by atoms with Gasteiger partial charge in [-0.15, -0.1) is 0 Å². The third-order valence-electron chi connectivity index (χ3n) is 3.15. The maximum absolute atomic E-state index is 5.47. The van der Waals surface area contributed by atoms with Crippen LogP contribution < -0.4 is 15.0 Å². The van der Waals surface area contributed by atoms with Gasteiger partial charge in [-0.25, -0.2) is 0 Å². The Balaban J connectivity index is 1.93. The molecule has 3 heteroatoms. The van der Waals surface area contributed by atoms with Gasteiger partial charge in [0.25, 0.3) is 0 Å². The fraction of sp³-hybridized carbons (Fsp3) is 0.222. The zero-order valence-corrected chi connectivity index (χ0v) is 12.7. The molecule has 0 aliphatic carbocycles. The first-order valence-corrected chi connectivity index (χ1v) is 7.03. The minimum absolute atomic E-state index is 0.537. The Labute approximate surface area is 126 Å². The number of benzene rings is 2. The summed E-state index contributed by atoms with van der Waals surface area (Å²) in [5.74, 6) is 0.869. The second-order valence-corrected chi connectivity index (χ2v) is 5.04. The molecule has 0 radical (unpaired) electrons. The predicted octanol–water partition coefficient (Wildman–Crippen LogP) is 3.93. The van der Waals surface area contributed by atoms with Gasteiger partial charge in [-0.1, -0.05) is 30.9 Å². The second-order valence-electron chi connectivity index (χ2n) is 5.04. The average Bonchev–Trinajstić information content (AvgIpc) is 2.52. The van der Waals surface area contributed by atoms with Crippen LogP contribution in [0.15, 0.2) is 61.2 Å². The molecule has 2 aromatic carbocycles. The summed E-state index contributed by atoms with van der Waals surface area (Å²) in [6.45, 7) is 4.96. The molecule has 0 saturated heterocycles. The van der Waals surface area contributed by atoms with E-state index in [9.17, 15) is 0 Å². The molecule has 0 fully saturated rings. The molecule has 3 nitrogen and oxygen atoms in total. The number of nitrogens with one attached hydrogen (secondary N) is 1. The minimum atomic E-state index is 0.537. The van der Waals surface area contributed by atoms with Gasteiger partial charge in [-0.3, -0.25) is 0 Å². The molecule has 2 rings (SSSR count). The zero-order chi connectivity index (χ0) is 15.1. The lowest BCUT2D eigenvalue weighted by Gasteiger charge is -2.14. The highest BCUT2D eigenvalue weighted by atomic mass is 16.5. The first-order valence-electron chi connectivity index (χ1n) is 7.03. The fourth-order valence-electron chi connectivity index (χ4n) is 1.96. The summed E-state index contributed by atoms with van der Waals surface area (Å²) in [7, 11) is 4.09. The highest BCUT2D eigenvalue weighted by molar-refractivity contribution is 5.57. The molecule has 0 aromatic heterocycles. The van der Waals surface area contributed by atoms with Crippen LogP contribution in [0.2, 0.25) is 0 Å². The van der Waals surface area contributed by atoms with Crippen LogP contribution in [-0.2, 0) is 6.54 Å². The van der Waals surface area contributed by atoms with Crippen LogP contribution in [0.25, 0.3) is 0 Å². The summed E-state index contributed by atoms with van der Waals surface area (Å²) in [5.41, 5.74) is 3.53. The molecule has 0 spiro atoms. The molecule has 0 aliphatic heterocycles. The molecule has 0 saturated carbocycles. The van der Waals surface area contributed by atoms with Crippen LogP contribution in [0.1, 0.15) is 5.56 Å². The molecule has 1 N–H and O–H groups in total. The molecule has 0 bridgehead atoms. The Morgan fingerprint density at radius 3 is 2.57 bits per heavy atom. The van der Waals surface area contributed by atoms with E-state index in [1.807, 2.05) is 26.2 Å². The van der Waals surface area contributed by atoms with Crippen molar-refractivity contribution in [1.82, 2.24) is 0 Å². The van der Waals surface area contributed by atoms with Crippen molar-refractivity contribution >= 4 is 11.4 Å². The van der Waals surface area contributed by atoms with Crippen molar-refractivity contribution in [3.63, 3.8) is 0 Å². The van der Waals surface area contributed by atoms with E-state index < -0.39 is 0 Å². The summed E-state index contributed by atoms with van der Waals surface area (Å²) < 4.78 is 5.47. The van der Waals surface area contributed by atoms with Crippen LogP contribution in [0.4, 0.5) is 11.4 Å². The van der Waals surface area contributed by atoms with E-state index in [-0.39, 0.29) is 0 Å². The van der Waals surface area contributed by atoms with E-state index >= 15 is 0 Å². The van der Waals surface area contributed by atoms with E-state index in [0.717, 1.165) is 18.0 Å². The number of rotatable bonds is 7. The molecule has 0 amide bonds. The lowest BCUT2D eigenvalue weighted by Crippen LogP contribution is -2.09. The van der Waals surface area contributed by atoms with Crippen LogP contribution >= 0.6 is 0 Å². The van der Waals surface area contributed by atoms with Gasteiger partial charge in [0, 0.05) is 32.0 Å². The van der Waals surface area contributed by atoms with Crippen molar-refractivity contribution < 1.29 is 4.74 Å². The minimum Gasteiger partial charge on any atom is -0.490 e. The first kappa shape index (κ1) is 15.0. The Kier molecular flexibility index (Phi) is 5.27. The number of ether oxygens (including phenoxy) is 1. The molecule has 0 atom stereocenters. The highest BCUT2D eigenvalue weighted by Gasteiger charge is 1.99. The number of anilines is 2. The Morgan fingerprint density at radius 2 is 1.90 bits per heavy atom. The van der Waals surface area contributed by atoms with Gasteiger partial charge in [0.15, 0.2) is 0 Å². The van der Waals surface area contributed by atoms with Gasteiger partial charge in [0.1, 0.15) is 12.4 Å². The normalized spacial score (nSPS) is 10.0. The van der Waals surface area contributed by atoms with Gasteiger partial charge < -0.3 is 15.0 Å². The Bertz CT molecular complexity index is 576. The molecule has 0 aliphatic rings. The smallest absolute Gasteiger partial charge is 0.119 e. The number of nitrogens with zero attached hydrogens (tertiary/aromatic N) is 1. The zero-order valence-electron chi connectivity index (χ0n) is 12.7. The fourth-order valence-corrected chi connectivity index (χ4v) is 1.96. The largest absolute Gasteiger partial charge is 0.490 e. The van der Waals surface area contributed by atoms with Crippen LogP contribution in [-0.4, -0.2) is 20.7 Å². The molecule has 0 unspecified atom stereocenters. The Hall–Kier alpha value is -2.42. The van der Waals surface area contributed by atoms with Crippen LogP contribution in [0, 0.1) is 0 Å². The monoisotopic (exact) mass is 282 g/mol. The molecule has 0 heterocycles. The van der Waals surface area contributed by atoms with Crippen LogP contribution in [0.5, 0.6) is 5.75 Å². The lowest BCUT2D eigenvalue weighted by molar-refractivity contribution is 0.363. The number of hydrogen-bond acceptors (Lipinski definition) is 3. The highest BCUT2D eigenvalue weighted by Crippen LogP contribution is 2.18. The lowest BCUT2D eigenvalue weighted by atomic mass is 10.2. The summed E-state index contributed by atoms with van der Waals surface area (Å²) >= 11 is 0. The molecule has 21 heavy (non-hydrogen) atoms. The van der Waals surface area contributed by atoms with E-state index in [4.69, 9.17) is 4.74 Å². The molecular weight excluding hydrogens is 260 g/mol. The second kappa shape index (κ2) is 7.39. The van der Waals surface area contributed by atoms with Crippen molar-refractivity contribution in [2.24, 2.45) is 0 Å². The molecule has 2 aromatic rings. The summed E-state index contributed by atoms with van der Waals surface area (Å²) in [5, 5.41) is 3.44. The quantitative estimate of drug-likeness (QED) is 0.779. The van der Waals surface area contributed by atoms with Crippen molar-refractivity contribution in [1.29, 1.82) is 0 Å². The van der Waals surface area contributed by atoms with E-state index in [1.54, 1.807) is 6.08 Å². The molecule has 110 valence electrons. The van der Waals surface area contributed by atoms with Crippen LogP contribution in [0.3, 0.4) is 0 Å². The third kappa shape index (κ3) is 4.56. The first-order chi connectivity index (χ1) is 10.2. The molecular formula is C18H22N2O. The number of hydrogen-bond donors (Lipinski definition) is 1.